The molecule has 0 spiro atoms. The van der Waals surface area contributed by atoms with Gasteiger partial charge in [-0.2, -0.15) is 0 Å². The lowest BCUT2D eigenvalue weighted by Crippen LogP contribution is -2.48. The molecule has 0 bridgehead atoms. The lowest BCUT2D eigenvalue weighted by molar-refractivity contribution is 0.0974. The van der Waals surface area contributed by atoms with E-state index in [1.54, 1.807) is 0 Å². The molecule has 1 saturated heterocycles. The van der Waals surface area contributed by atoms with Crippen molar-refractivity contribution in [2.24, 2.45) is 5.73 Å². The molecule has 0 saturated carbocycles. The predicted molar refractivity (Wildman–Crippen MR) is 61.1 cm³/mol. The van der Waals surface area contributed by atoms with Gasteiger partial charge in [-0.3, -0.25) is 4.90 Å². The van der Waals surface area contributed by atoms with Crippen LogP contribution in [0.2, 0.25) is 0 Å². The largest absolute Gasteiger partial charge is 0.465 e. The molecule has 1 aromatic rings. The van der Waals surface area contributed by atoms with Crippen molar-refractivity contribution in [3.8, 4) is 0 Å². The third kappa shape index (κ3) is 2.02. The highest BCUT2D eigenvalue weighted by molar-refractivity contribution is 5.66. The van der Waals surface area contributed by atoms with Crippen molar-refractivity contribution in [1.29, 1.82) is 0 Å². The number of carboxylic acid groups (broad SMARTS) is 1. The van der Waals surface area contributed by atoms with E-state index in [0.717, 1.165) is 18.4 Å². The molecule has 1 fully saturated rings. The fourth-order valence-corrected chi connectivity index (χ4v) is 2.32. The molecule has 0 aliphatic carbocycles. The molecular weight excluding hydrogens is 204 g/mol. The van der Waals surface area contributed by atoms with Gasteiger partial charge in [-0.05, 0) is 18.4 Å². The molecule has 16 heavy (non-hydrogen) atoms. The summed E-state index contributed by atoms with van der Waals surface area (Å²) in [5.74, 6) is 0. The maximum Gasteiger partial charge on any atom is 0.407 e. The second-order valence-corrected chi connectivity index (χ2v) is 4.14. The number of piperidine rings is 1. The summed E-state index contributed by atoms with van der Waals surface area (Å²) in [6.07, 6.45) is 0.837. The molecule has 1 aliphatic heterocycles. The van der Waals surface area contributed by atoms with Crippen LogP contribution in [0, 0.1) is 0 Å². The number of hydrogen-bond acceptors (Lipinski definition) is 2. The lowest BCUT2D eigenvalue weighted by atomic mass is 9.91. The number of likely N-dealkylation sites (tertiary alicyclic amines) is 1. The molecule has 2 atom stereocenters. The zero-order valence-electron chi connectivity index (χ0n) is 9.04. The fourth-order valence-electron chi connectivity index (χ4n) is 2.32. The first kappa shape index (κ1) is 11.0. The van der Waals surface area contributed by atoms with Gasteiger partial charge in [-0.15, -0.1) is 0 Å². The summed E-state index contributed by atoms with van der Waals surface area (Å²) < 4.78 is 0. The van der Waals surface area contributed by atoms with Gasteiger partial charge in [0.15, 0.2) is 0 Å². The first-order chi connectivity index (χ1) is 7.70. The quantitative estimate of drug-likeness (QED) is 0.758. The van der Waals surface area contributed by atoms with E-state index in [4.69, 9.17) is 10.8 Å². The first-order valence-electron chi connectivity index (χ1n) is 5.50. The highest BCUT2D eigenvalue weighted by atomic mass is 16.4. The second kappa shape index (κ2) is 4.53. The van der Waals surface area contributed by atoms with Gasteiger partial charge in [-0.1, -0.05) is 30.3 Å². The van der Waals surface area contributed by atoms with Gasteiger partial charge in [0.2, 0.25) is 0 Å². The van der Waals surface area contributed by atoms with E-state index in [0.29, 0.717) is 6.54 Å². The van der Waals surface area contributed by atoms with Gasteiger partial charge in [-0.25, -0.2) is 4.79 Å². The third-order valence-electron chi connectivity index (χ3n) is 3.06. The van der Waals surface area contributed by atoms with Gasteiger partial charge in [0, 0.05) is 12.6 Å². The van der Waals surface area contributed by atoms with Crippen LogP contribution in [0.25, 0.3) is 0 Å². The van der Waals surface area contributed by atoms with E-state index < -0.39 is 6.09 Å². The Morgan fingerprint density at radius 2 is 2.06 bits per heavy atom. The summed E-state index contributed by atoms with van der Waals surface area (Å²) in [5, 5.41) is 9.16. The van der Waals surface area contributed by atoms with E-state index in [1.807, 2.05) is 30.3 Å². The Bertz CT molecular complexity index is 367. The molecule has 0 aromatic heterocycles. The molecule has 1 aromatic carbocycles. The van der Waals surface area contributed by atoms with Gasteiger partial charge >= 0.3 is 6.09 Å². The Balaban J connectivity index is 2.30. The third-order valence-corrected chi connectivity index (χ3v) is 3.06. The van der Waals surface area contributed by atoms with Crippen LogP contribution in [0.4, 0.5) is 4.79 Å². The summed E-state index contributed by atoms with van der Waals surface area (Å²) in [6, 6.07) is 9.31. The highest BCUT2D eigenvalue weighted by Gasteiger charge is 2.33. The maximum atomic E-state index is 11.2. The Kier molecular flexibility index (Phi) is 3.10. The molecule has 4 heteroatoms. The average Bonchev–Trinajstić information content (AvgIpc) is 2.29. The summed E-state index contributed by atoms with van der Waals surface area (Å²) in [5.41, 5.74) is 7.02. The van der Waals surface area contributed by atoms with Crippen LogP contribution < -0.4 is 5.73 Å². The van der Waals surface area contributed by atoms with E-state index in [9.17, 15) is 4.79 Å². The van der Waals surface area contributed by atoms with Crippen LogP contribution in [-0.2, 0) is 0 Å². The summed E-state index contributed by atoms with van der Waals surface area (Å²) in [6.45, 7) is 0.572. The van der Waals surface area contributed by atoms with Crippen molar-refractivity contribution < 1.29 is 9.90 Å². The standard InChI is InChI=1S/C12H16N2O2/c13-10-7-4-8-14(12(15)16)11(10)9-5-2-1-3-6-9/h1-3,5-6,10-11H,4,7-8,13H2,(H,15,16). The van der Waals surface area contributed by atoms with Crippen molar-refractivity contribution in [3.63, 3.8) is 0 Å². The Morgan fingerprint density at radius 1 is 1.38 bits per heavy atom. The minimum Gasteiger partial charge on any atom is -0.465 e. The number of nitrogens with two attached hydrogens (primary N) is 1. The molecule has 0 radical (unpaired) electrons. The van der Waals surface area contributed by atoms with Crippen LogP contribution in [0.5, 0.6) is 0 Å². The molecular formula is C12H16N2O2. The summed E-state index contributed by atoms with van der Waals surface area (Å²) >= 11 is 0. The number of amides is 1. The normalized spacial score (nSPS) is 25.4. The van der Waals surface area contributed by atoms with Crippen LogP contribution in [0.1, 0.15) is 24.4 Å². The highest BCUT2D eigenvalue weighted by Crippen LogP contribution is 2.29. The molecule has 2 rings (SSSR count). The van der Waals surface area contributed by atoms with Crippen molar-refractivity contribution >= 4 is 6.09 Å². The van der Waals surface area contributed by atoms with E-state index >= 15 is 0 Å². The van der Waals surface area contributed by atoms with Gasteiger partial charge in [0.25, 0.3) is 0 Å². The average molecular weight is 220 g/mol. The first-order valence-corrected chi connectivity index (χ1v) is 5.50. The molecule has 4 nitrogen and oxygen atoms in total. The molecule has 86 valence electrons. The number of rotatable bonds is 1. The SMILES string of the molecule is NC1CCCN(C(=O)O)C1c1ccccc1. The number of benzene rings is 1. The van der Waals surface area contributed by atoms with Crippen molar-refractivity contribution in [2.75, 3.05) is 6.54 Å². The maximum absolute atomic E-state index is 11.2. The zero-order chi connectivity index (χ0) is 11.5. The zero-order valence-corrected chi connectivity index (χ0v) is 9.04. The van der Waals surface area contributed by atoms with E-state index in [1.165, 1.54) is 4.90 Å². The van der Waals surface area contributed by atoms with Crippen molar-refractivity contribution in [1.82, 2.24) is 4.90 Å². The van der Waals surface area contributed by atoms with Gasteiger partial charge < -0.3 is 10.8 Å². The van der Waals surface area contributed by atoms with Crippen molar-refractivity contribution in [2.45, 2.75) is 24.9 Å². The molecule has 1 aliphatic rings. The lowest BCUT2D eigenvalue weighted by Gasteiger charge is -2.38. The topological polar surface area (TPSA) is 66.6 Å². The summed E-state index contributed by atoms with van der Waals surface area (Å²) in [7, 11) is 0. The molecule has 3 N–H and O–H groups in total. The Morgan fingerprint density at radius 3 is 2.69 bits per heavy atom. The minimum atomic E-state index is -0.885. The molecule has 1 amide bonds. The van der Waals surface area contributed by atoms with Gasteiger partial charge in [0.1, 0.15) is 0 Å². The monoisotopic (exact) mass is 220 g/mol. The smallest absolute Gasteiger partial charge is 0.407 e. The van der Waals surface area contributed by atoms with Crippen molar-refractivity contribution in [3.05, 3.63) is 35.9 Å². The van der Waals surface area contributed by atoms with Crippen LogP contribution in [-0.4, -0.2) is 28.7 Å². The minimum absolute atomic E-state index is 0.104. The van der Waals surface area contributed by atoms with Gasteiger partial charge in [0.05, 0.1) is 6.04 Å². The Hall–Kier alpha value is -1.55. The number of hydrogen-bond donors (Lipinski definition) is 2. The number of nitrogens with zero attached hydrogens (tertiary/aromatic N) is 1. The Labute approximate surface area is 94.7 Å². The van der Waals surface area contributed by atoms with Crippen LogP contribution in [0.15, 0.2) is 30.3 Å². The summed E-state index contributed by atoms with van der Waals surface area (Å²) in [4.78, 5) is 12.6. The van der Waals surface area contributed by atoms with Crippen LogP contribution in [0.3, 0.4) is 0 Å². The van der Waals surface area contributed by atoms with Crippen LogP contribution >= 0.6 is 0 Å². The second-order valence-electron chi connectivity index (χ2n) is 4.14. The molecule has 1 heterocycles. The predicted octanol–water partition coefficient (Wildman–Crippen LogP) is 1.83. The van der Waals surface area contributed by atoms with E-state index in [2.05, 4.69) is 0 Å². The van der Waals surface area contributed by atoms with E-state index in [-0.39, 0.29) is 12.1 Å². The number of carbonyl (C=O) groups is 1. The molecule has 2 unspecified atom stereocenters. The fraction of sp³-hybridized carbons (Fsp3) is 0.417.